The number of hydrogen-bond acceptors (Lipinski definition) is 5. The maximum atomic E-state index is 10.1. The molecule has 4 saturated carbocycles. The van der Waals surface area contributed by atoms with Crippen LogP contribution in [0.1, 0.15) is 254 Å². The predicted octanol–water partition coefficient (Wildman–Crippen LogP) is 17.2. The van der Waals surface area contributed by atoms with Gasteiger partial charge in [0.15, 0.2) is 0 Å². The van der Waals surface area contributed by atoms with Crippen LogP contribution in [0.4, 0.5) is 0 Å². The summed E-state index contributed by atoms with van der Waals surface area (Å²) in [6, 6.07) is 0. The minimum Gasteiger partial charge on any atom is -0.393 e. The second kappa shape index (κ2) is 33.8. The first-order valence-corrected chi connectivity index (χ1v) is 29.5. The van der Waals surface area contributed by atoms with Gasteiger partial charge < -0.3 is 24.1 Å². The van der Waals surface area contributed by atoms with Crippen molar-refractivity contribution in [3.63, 3.8) is 0 Å². The zero-order valence-electron chi connectivity index (χ0n) is 45.0. The Morgan fingerprint density at radius 2 is 1.27 bits per heavy atom. The molecule has 0 saturated heterocycles. The van der Waals surface area contributed by atoms with Gasteiger partial charge >= 0.3 is 0 Å². The molecule has 386 valence electrons. The van der Waals surface area contributed by atoms with Crippen LogP contribution in [0.5, 0.6) is 0 Å². The normalized spacial score (nSPS) is 30.3. The lowest BCUT2D eigenvalue weighted by Gasteiger charge is -2.56. The Labute approximate surface area is 410 Å². The van der Waals surface area contributed by atoms with Gasteiger partial charge in [-0.1, -0.05) is 150 Å². The molecule has 5 unspecified atom stereocenters. The quantitative estimate of drug-likeness (QED) is 0.0494. The van der Waals surface area contributed by atoms with E-state index in [0.29, 0.717) is 36.1 Å². The van der Waals surface area contributed by atoms with E-state index in [2.05, 4.69) is 72.8 Å². The summed E-state index contributed by atoms with van der Waals surface area (Å²) < 4.78 is 25.1. The molecule has 4 rings (SSSR count). The molecule has 0 aromatic heterocycles. The maximum Gasteiger partial charge on any atom is 0.0811 e. The summed E-state index contributed by atoms with van der Waals surface area (Å²) in [5.41, 5.74) is 1.06. The van der Waals surface area contributed by atoms with E-state index < -0.39 is 0 Å². The number of unbranched alkanes of at least 4 members (excludes halogenated alkanes) is 11. The highest BCUT2D eigenvalue weighted by atomic mass is 16.5. The van der Waals surface area contributed by atoms with Crippen LogP contribution in [-0.2, 0) is 18.9 Å². The summed E-state index contributed by atoms with van der Waals surface area (Å²) in [4.78, 5) is 0. The highest BCUT2D eigenvalue weighted by molar-refractivity contribution is 5.06. The fourth-order valence-electron chi connectivity index (χ4n) is 14.0. The molecule has 5 heteroatoms. The number of ether oxygens (including phenoxy) is 4. The van der Waals surface area contributed by atoms with Crippen LogP contribution in [0.3, 0.4) is 0 Å². The second-order valence-corrected chi connectivity index (χ2v) is 23.8. The van der Waals surface area contributed by atoms with Crippen LogP contribution in [0.2, 0.25) is 0 Å². The Kier molecular flexibility index (Phi) is 29.6. The molecule has 4 aliphatic carbocycles. The van der Waals surface area contributed by atoms with Crippen LogP contribution in [0.15, 0.2) is 24.3 Å². The van der Waals surface area contributed by atoms with Crippen LogP contribution in [0, 0.1) is 52.3 Å². The average molecular weight is 926 g/mol. The van der Waals surface area contributed by atoms with Crippen LogP contribution >= 0.6 is 0 Å². The molecule has 4 fully saturated rings. The van der Waals surface area contributed by atoms with Crippen molar-refractivity contribution in [2.75, 3.05) is 39.6 Å². The molecular formula is C61H112O5. The highest BCUT2D eigenvalue weighted by Gasteiger charge is 2.57. The molecule has 0 aromatic carbocycles. The van der Waals surface area contributed by atoms with E-state index in [1.807, 2.05) is 0 Å². The second-order valence-electron chi connectivity index (χ2n) is 23.8. The number of aliphatic hydroxyl groups excluding tert-OH is 1. The Morgan fingerprint density at radius 1 is 0.606 bits per heavy atom. The lowest BCUT2D eigenvalue weighted by Crippen LogP contribution is -2.48. The van der Waals surface area contributed by atoms with E-state index in [-0.39, 0.29) is 12.2 Å². The van der Waals surface area contributed by atoms with Gasteiger partial charge in [-0.25, -0.2) is 0 Å². The smallest absolute Gasteiger partial charge is 0.0811 e. The summed E-state index contributed by atoms with van der Waals surface area (Å²) in [6.07, 6.45) is 50.4. The van der Waals surface area contributed by atoms with Gasteiger partial charge in [0.1, 0.15) is 0 Å². The fourth-order valence-corrected chi connectivity index (χ4v) is 14.0. The molecule has 0 amide bonds. The van der Waals surface area contributed by atoms with E-state index in [4.69, 9.17) is 18.9 Å². The Hall–Kier alpha value is -0.720. The summed E-state index contributed by atoms with van der Waals surface area (Å²) in [5.74, 6) is 5.96. The molecular weight excluding hydrogens is 813 g/mol. The molecule has 66 heavy (non-hydrogen) atoms. The number of fused-ring (bicyclic) bond motifs is 1. The molecule has 0 aliphatic heterocycles. The molecule has 0 bridgehead atoms. The van der Waals surface area contributed by atoms with Gasteiger partial charge in [-0.3, -0.25) is 0 Å². The largest absolute Gasteiger partial charge is 0.393 e. The molecule has 9 atom stereocenters. The van der Waals surface area contributed by atoms with Crippen LogP contribution < -0.4 is 0 Å². The molecule has 1 N–H and O–H groups in total. The SMILES string of the molecule is CCCCC/C=C\C/C=C\CCCCCCCCCCOCC(CC1CCC(O)C1)OCCCOCCCOC1CCC(C)(C2CC[C@@]3(C)C(CC[C@@H]3[C@H](C)CCCC(C)C)[C@@H]2CC)CC1. The van der Waals surface area contributed by atoms with E-state index in [1.165, 1.54) is 154 Å². The predicted molar refractivity (Wildman–Crippen MR) is 282 cm³/mol. The third-order valence-corrected chi connectivity index (χ3v) is 18.1. The topological polar surface area (TPSA) is 57.2 Å². The van der Waals surface area contributed by atoms with Crippen molar-refractivity contribution in [2.45, 2.75) is 272 Å². The third-order valence-electron chi connectivity index (χ3n) is 18.1. The van der Waals surface area contributed by atoms with Crippen molar-refractivity contribution in [3.8, 4) is 0 Å². The highest BCUT2D eigenvalue weighted by Crippen LogP contribution is 2.65. The Balaban J connectivity index is 0.992. The van der Waals surface area contributed by atoms with Crippen molar-refractivity contribution < 1.29 is 24.1 Å². The molecule has 0 radical (unpaired) electrons. The van der Waals surface area contributed by atoms with Crippen LogP contribution in [0.25, 0.3) is 0 Å². The van der Waals surface area contributed by atoms with E-state index in [9.17, 15) is 5.11 Å². The van der Waals surface area contributed by atoms with Gasteiger partial charge in [0.25, 0.3) is 0 Å². The standard InChI is InChI=1S/C61H112O5/c1-8-10-11-12-13-14-15-16-17-18-19-20-21-22-23-24-25-26-42-64-49-55(48-52-32-33-53(62)47-52)66-46-29-44-63-43-28-45-65-54-36-39-60(6,40-37-54)58-38-41-61(7)57(34-35-59(61)56(58)9-2)51(5)31-27-30-50(3)4/h13-14,16-17,50-59,62H,8-12,15,18-49H2,1-7H3/b14-13-,17-16-/t51-,52?,53?,54?,55?,56-,57-,58?,59?,60?,61-/m1/s1. The fraction of sp³-hybridized carbons (Fsp3) is 0.934. The zero-order chi connectivity index (χ0) is 47.3. The first-order chi connectivity index (χ1) is 32.1. The lowest BCUT2D eigenvalue weighted by molar-refractivity contribution is -0.0811. The van der Waals surface area contributed by atoms with Crippen molar-refractivity contribution in [1.82, 2.24) is 0 Å². The number of aliphatic hydroxyl groups is 1. The molecule has 0 aromatic rings. The first-order valence-electron chi connectivity index (χ1n) is 29.5. The number of allylic oxidation sites excluding steroid dienone is 4. The molecule has 5 nitrogen and oxygen atoms in total. The number of rotatable bonds is 38. The lowest BCUT2D eigenvalue weighted by atomic mass is 9.50. The van der Waals surface area contributed by atoms with Gasteiger partial charge in [-0.15, -0.1) is 0 Å². The summed E-state index contributed by atoms with van der Waals surface area (Å²) in [7, 11) is 0. The monoisotopic (exact) mass is 925 g/mol. The Morgan fingerprint density at radius 3 is 1.94 bits per heavy atom. The van der Waals surface area contributed by atoms with Gasteiger partial charge in [-0.2, -0.15) is 0 Å². The van der Waals surface area contributed by atoms with Crippen molar-refractivity contribution >= 4 is 0 Å². The maximum absolute atomic E-state index is 10.1. The minimum absolute atomic E-state index is 0.118. The summed E-state index contributed by atoms with van der Waals surface area (Å²) >= 11 is 0. The van der Waals surface area contributed by atoms with Crippen molar-refractivity contribution in [1.29, 1.82) is 0 Å². The van der Waals surface area contributed by atoms with E-state index >= 15 is 0 Å². The van der Waals surface area contributed by atoms with Crippen molar-refractivity contribution in [2.24, 2.45) is 52.3 Å². The minimum atomic E-state index is -0.133. The van der Waals surface area contributed by atoms with Gasteiger partial charge in [-0.05, 0) is 181 Å². The van der Waals surface area contributed by atoms with Gasteiger partial charge in [0, 0.05) is 33.0 Å². The van der Waals surface area contributed by atoms with Crippen LogP contribution in [-0.4, -0.2) is 63.1 Å². The van der Waals surface area contributed by atoms with E-state index in [1.54, 1.807) is 0 Å². The third kappa shape index (κ3) is 21.3. The van der Waals surface area contributed by atoms with Gasteiger partial charge in [0.05, 0.1) is 24.9 Å². The molecule has 0 heterocycles. The Bertz CT molecular complexity index is 1240. The van der Waals surface area contributed by atoms with Gasteiger partial charge in [0.2, 0.25) is 0 Å². The zero-order valence-corrected chi connectivity index (χ0v) is 45.0. The number of hydrogen-bond donors (Lipinski definition) is 1. The summed E-state index contributed by atoms with van der Waals surface area (Å²) in [5, 5.41) is 10.1. The average Bonchev–Trinajstić information content (AvgIpc) is 3.89. The molecule has 4 aliphatic rings. The van der Waals surface area contributed by atoms with Crippen molar-refractivity contribution in [3.05, 3.63) is 24.3 Å². The summed E-state index contributed by atoms with van der Waals surface area (Å²) in [6.45, 7) is 22.1. The molecule has 0 spiro atoms. The first kappa shape index (κ1) is 57.9. The van der Waals surface area contributed by atoms with E-state index in [0.717, 1.165) is 113 Å².